The summed E-state index contributed by atoms with van der Waals surface area (Å²) in [7, 11) is 0. The smallest absolute Gasteiger partial charge is 0.00392 e. The number of allylic oxidation sites excluding steroid dienone is 2. The van der Waals surface area contributed by atoms with Crippen LogP contribution in [0, 0.1) is 12.8 Å². The van der Waals surface area contributed by atoms with E-state index in [2.05, 4.69) is 83.2 Å². The van der Waals surface area contributed by atoms with Crippen LogP contribution < -0.4 is 10.4 Å². The minimum Gasteiger partial charge on any atom is -0.0744 e. The van der Waals surface area contributed by atoms with Crippen molar-refractivity contribution in [2.45, 2.75) is 41.0 Å². The van der Waals surface area contributed by atoms with E-state index in [1.165, 1.54) is 54.3 Å². The zero-order chi connectivity index (χ0) is 17.7. The van der Waals surface area contributed by atoms with Crippen LogP contribution in [-0.4, -0.2) is 0 Å². The van der Waals surface area contributed by atoms with Crippen LogP contribution in [-0.2, 0) is 0 Å². The maximum Gasteiger partial charge on any atom is -0.00392 e. The van der Waals surface area contributed by atoms with Crippen molar-refractivity contribution >= 4 is 32.7 Å². The molecule has 1 atom stereocenters. The van der Waals surface area contributed by atoms with Gasteiger partial charge in [0.15, 0.2) is 0 Å². The molecule has 3 aromatic carbocycles. The molecule has 126 valence electrons. The van der Waals surface area contributed by atoms with E-state index >= 15 is 0 Å². The van der Waals surface area contributed by atoms with Gasteiger partial charge in [0.1, 0.15) is 0 Å². The van der Waals surface area contributed by atoms with Gasteiger partial charge >= 0.3 is 0 Å². The van der Waals surface area contributed by atoms with Crippen molar-refractivity contribution in [3.8, 4) is 0 Å². The second-order valence-electron chi connectivity index (χ2n) is 7.45. The molecule has 0 N–H and O–H groups in total. The normalized spacial score (nSPS) is 17.6. The quantitative estimate of drug-likeness (QED) is 0.508. The number of rotatable bonds is 1. The Morgan fingerprint density at radius 3 is 2.20 bits per heavy atom. The fourth-order valence-corrected chi connectivity index (χ4v) is 4.61. The molecule has 0 heteroatoms. The number of benzene rings is 3. The molecule has 0 fully saturated rings. The molecule has 0 nitrogen and oxygen atoms in total. The molecule has 0 radical (unpaired) electrons. The number of hydrogen-bond donors (Lipinski definition) is 0. The van der Waals surface area contributed by atoms with Crippen molar-refractivity contribution in [3.63, 3.8) is 0 Å². The highest BCUT2D eigenvalue weighted by Gasteiger charge is 2.17. The van der Waals surface area contributed by atoms with E-state index in [0.717, 1.165) is 6.42 Å². The zero-order valence-electron chi connectivity index (χ0n) is 15.9. The number of fused-ring (bicyclic) bond motifs is 6. The molecule has 0 bridgehead atoms. The van der Waals surface area contributed by atoms with Crippen molar-refractivity contribution in [2.24, 2.45) is 5.92 Å². The van der Waals surface area contributed by atoms with Crippen molar-refractivity contribution in [3.05, 3.63) is 70.1 Å². The van der Waals surface area contributed by atoms with E-state index < -0.39 is 0 Å². The van der Waals surface area contributed by atoms with Gasteiger partial charge in [0, 0.05) is 0 Å². The van der Waals surface area contributed by atoms with Crippen LogP contribution in [0.3, 0.4) is 0 Å². The first-order valence-corrected chi connectivity index (χ1v) is 9.37. The first-order valence-electron chi connectivity index (χ1n) is 9.37. The van der Waals surface area contributed by atoms with Crippen molar-refractivity contribution < 1.29 is 0 Å². The third-order valence-electron chi connectivity index (χ3n) is 5.97. The Morgan fingerprint density at radius 1 is 0.800 bits per heavy atom. The fourth-order valence-electron chi connectivity index (χ4n) is 4.61. The summed E-state index contributed by atoms with van der Waals surface area (Å²) >= 11 is 0. The van der Waals surface area contributed by atoms with E-state index in [9.17, 15) is 0 Å². The van der Waals surface area contributed by atoms with E-state index in [0.29, 0.717) is 5.92 Å². The molecule has 1 aliphatic rings. The first-order chi connectivity index (χ1) is 12.0. The van der Waals surface area contributed by atoms with Crippen LogP contribution in [0.2, 0.25) is 0 Å². The molecule has 0 heterocycles. The summed E-state index contributed by atoms with van der Waals surface area (Å²) < 4.78 is 0. The second-order valence-corrected chi connectivity index (χ2v) is 7.45. The SMILES string of the molecule is CCC1=c2c(c3c(C)cccc3c3ccccc23)=C(C)C(C)C=C1C. The predicted molar refractivity (Wildman–Crippen MR) is 111 cm³/mol. The maximum absolute atomic E-state index is 2.45. The third kappa shape index (κ3) is 2.28. The highest BCUT2D eigenvalue weighted by molar-refractivity contribution is 6.10. The lowest BCUT2D eigenvalue weighted by Gasteiger charge is -2.14. The molecule has 0 saturated heterocycles. The molecule has 25 heavy (non-hydrogen) atoms. The van der Waals surface area contributed by atoms with Crippen molar-refractivity contribution in [1.29, 1.82) is 0 Å². The van der Waals surface area contributed by atoms with Crippen LogP contribution >= 0.6 is 0 Å². The molecule has 1 aliphatic carbocycles. The van der Waals surface area contributed by atoms with E-state index in [1.807, 2.05) is 0 Å². The molecular formula is C25H26. The second kappa shape index (κ2) is 5.88. The largest absolute Gasteiger partial charge is 0.0744 e. The third-order valence-corrected chi connectivity index (χ3v) is 5.97. The van der Waals surface area contributed by atoms with E-state index in [1.54, 1.807) is 0 Å². The summed E-state index contributed by atoms with van der Waals surface area (Å²) in [5, 5.41) is 8.54. The van der Waals surface area contributed by atoms with Gasteiger partial charge in [-0.05, 0) is 76.2 Å². The molecule has 0 saturated carbocycles. The average molecular weight is 326 g/mol. The lowest BCUT2D eigenvalue weighted by molar-refractivity contribution is 0.940. The van der Waals surface area contributed by atoms with Gasteiger partial charge in [-0.15, -0.1) is 0 Å². The zero-order valence-corrected chi connectivity index (χ0v) is 15.9. The molecule has 3 aromatic rings. The Balaban J connectivity index is 2.53. The minimum atomic E-state index is 0.465. The number of aryl methyl sites for hydroxylation is 1. The van der Waals surface area contributed by atoms with Gasteiger partial charge in [0.2, 0.25) is 0 Å². The maximum atomic E-state index is 2.45. The Bertz CT molecular complexity index is 1160. The fraction of sp³-hybridized carbons (Fsp3) is 0.280. The summed E-state index contributed by atoms with van der Waals surface area (Å²) in [6.07, 6.45) is 3.52. The van der Waals surface area contributed by atoms with Gasteiger partial charge in [-0.25, -0.2) is 0 Å². The van der Waals surface area contributed by atoms with Crippen LogP contribution in [0.4, 0.5) is 0 Å². The van der Waals surface area contributed by atoms with Crippen LogP contribution in [0.15, 0.2) is 54.1 Å². The Hall–Kier alpha value is -2.34. The highest BCUT2D eigenvalue weighted by Crippen LogP contribution is 2.28. The van der Waals surface area contributed by atoms with Gasteiger partial charge in [0.05, 0.1) is 0 Å². The molecule has 1 unspecified atom stereocenters. The van der Waals surface area contributed by atoms with Gasteiger partial charge in [-0.1, -0.05) is 73.5 Å². The lowest BCUT2D eigenvalue weighted by Crippen LogP contribution is -2.31. The molecule has 0 spiro atoms. The Labute approximate surface area is 150 Å². The summed E-state index contributed by atoms with van der Waals surface area (Å²) in [4.78, 5) is 0. The average Bonchev–Trinajstić information content (AvgIpc) is 2.70. The molecule has 4 rings (SSSR count). The molecular weight excluding hydrogens is 300 g/mol. The number of hydrogen-bond acceptors (Lipinski definition) is 0. The van der Waals surface area contributed by atoms with E-state index in [-0.39, 0.29) is 0 Å². The van der Waals surface area contributed by atoms with E-state index in [4.69, 9.17) is 0 Å². The molecule has 0 amide bonds. The van der Waals surface area contributed by atoms with Gasteiger partial charge < -0.3 is 0 Å². The standard InChI is InChI=1S/C25H26/c1-6-19-17(4)14-16(3)18(5)24-23-15(2)10-9-13-21(23)20-11-7-8-12-22(20)25(19)24/h7-14,16H,6H2,1-5H3. The Kier molecular flexibility index (Phi) is 3.80. The van der Waals surface area contributed by atoms with Gasteiger partial charge in [-0.2, -0.15) is 0 Å². The Morgan fingerprint density at radius 2 is 1.48 bits per heavy atom. The summed E-state index contributed by atoms with van der Waals surface area (Å²) in [6, 6.07) is 15.7. The highest BCUT2D eigenvalue weighted by atomic mass is 14.2. The van der Waals surface area contributed by atoms with Crippen LogP contribution in [0.1, 0.15) is 39.7 Å². The van der Waals surface area contributed by atoms with Crippen molar-refractivity contribution in [2.75, 3.05) is 0 Å². The summed E-state index contributed by atoms with van der Waals surface area (Å²) in [6.45, 7) is 11.5. The minimum absolute atomic E-state index is 0.465. The summed E-state index contributed by atoms with van der Waals surface area (Å²) in [5.74, 6) is 0.465. The van der Waals surface area contributed by atoms with Crippen molar-refractivity contribution in [1.82, 2.24) is 0 Å². The molecule has 0 aromatic heterocycles. The van der Waals surface area contributed by atoms with Crippen LogP contribution in [0.5, 0.6) is 0 Å². The van der Waals surface area contributed by atoms with Crippen LogP contribution in [0.25, 0.3) is 32.7 Å². The van der Waals surface area contributed by atoms with Gasteiger partial charge in [-0.3, -0.25) is 0 Å². The monoisotopic (exact) mass is 326 g/mol. The lowest BCUT2D eigenvalue weighted by atomic mass is 9.90. The first kappa shape index (κ1) is 16.1. The topological polar surface area (TPSA) is 0 Å². The predicted octanol–water partition coefficient (Wildman–Crippen LogP) is 5.63. The summed E-state index contributed by atoms with van der Waals surface area (Å²) in [5.41, 5.74) is 5.80. The van der Waals surface area contributed by atoms with Gasteiger partial charge in [0.25, 0.3) is 0 Å². The molecule has 0 aliphatic heterocycles.